The molecule has 0 amide bonds. The number of nitrogens with one attached hydrogen (secondary N) is 1. The van der Waals surface area contributed by atoms with Gasteiger partial charge in [-0.05, 0) is 101 Å². The third kappa shape index (κ3) is 5.98. The summed E-state index contributed by atoms with van der Waals surface area (Å²) in [4.78, 5) is 5.14. The summed E-state index contributed by atoms with van der Waals surface area (Å²) < 4.78 is 0. The van der Waals surface area contributed by atoms with E-state index in [1.807, 2.05) is 42.6 Å². The highest BCUT2D eigenvalue weighted by molar-refractivity contribution is 6.13. The SMILES string of the molecule is CC1(C)c2cc3ccccc3cc2-c2cccc(-c3ccc(-c4ccc(C=N/C(=C\C(=N)c5ccccc5)c5cccc6ccccc56)c5ccccc45)cc3)c21. The van der Waals surface area contributed by atoms with E-state index in [4.69, 9.17) is 10.4 Å². The first-order valence-electron chi connectivity index (χ1n) is 19.6. The molecule has 1 N–H and O–H groups in total. The zero-order valence-corrected chi connectivity index (χ0v) is 32.0. The molecule has 0 unspecified atom stereocenters. The lowest BCUT2D eigenvalue weighted by molar-refractivity contribution is 0.663. The number of benzene rings is 9. The Morgan fingerprint density at radius 2 is 1.09 bits per heavy atom. The van der Waals surface area contributed by atoms with Crippen molar-refractivity contribution in [1.82, 2.24) is 0 Å². The molecule has 0 aromatic heterocycles. The fraction of sp³-hybridized carbons (Fsp3) is 0.0545. The van der Waals surface area contributed by atoms with Crippen LogP contribution in [0.3, 0.4) is 0 Å². The van der Waals surface area contributed by atoms with Gasteiger partial charge < -0.3 is 5.41 Å². The monoisotopic (exact) mass is 728 g/mol. The van der Waals surface area contributed by atoms with Crippen molar-refractivity contribution >= 4 is 49.9 Å². The Bertz CT molecular complexity index is 3090. The number of hydrogen-bond acceptors (Lipinski definition) is 2. The fourth-order valence-corrected chi connectivity index (χ4v) is 8.93. The van der Waals surface area contributed by atoms with E-state index >= 15 is 0 Å². The van der Waals surface area contributed by atoms with E-state index in [0.717, 1.165) is 38.5 Å². The Kier molecular flexibility index (Phi) is 8.34. The highest BCUT2D eigenvalue weighted by Gasteiger charge is 2.37. The molecular formula is C55H40N2. The molecule has 270 valence electrons. The first-order valence-corrected chi connectivity index (χ1v) is 19.6. The maximum Gasteiger partial charge on any atom is 0.0729 e. The van der Waals surface area contributed by atoms with Crippen molar-refractivity contribution in [1.29, 1.82) is 5.41 Å². The fourth-order valence-electron chi connectivity index (χ4n) is 8.93. The van der Waals surface area contributed by atoms with E-state index < -0.39 is 0 Å². The van der Waals surface area contributed by atoms with E-state index in [1.54, 1.807) is 0 Å². The number of rotatable bonds is 7. The van der Waals surface area contributed by atoms with Gasteiger partial charge >= 0.3 is 0 Å². The summed E-state index contributed by atoms with van der Waals surface area (Å²) in [5, 5.41) is 16.1. The predicted molar refractivity (Wildman–Crippen MR) is 243 cm³/mol. The van der Waals surface area contributed by atoms with Crippen molar-refractivity contribution in [3.63, 3.8) is 0 Å². The van der Waals surface area contributed by atoms with Crippen LogP contribution in [0.4, 0.5) is 0 Å². The van der Waals surface area contributed by atoms with E-state index in [2.05, 4.69) is 172 Å². The second kappa shape index (κ2) is 13.8. The van der Waals surface area contributed by atoms with Crippen LogP contribution in [0.5, 0.6) is 0 Å². The standard InChI is InChI=1S/C55H40N2/c1-55(2)51-33-41-18-7-6-17-40(41)32-50(51)49-25-13-23-46(54(49)55)38-28-26-37(27-29-38)45-31-30-42(44-21-10-11-22-47(44)45)35-57-53(34-52(56)39-15-4-3-5-16-39)48-24-12-19-36-14-8-9-20-43(36)48/h3-35,56H,1-2H3/b53-34-,56-52?,57-35?. The van der Waals surface area contributed by atoms with Gasteiger partial charge in [0.1, 0.15) is 0 Å². The quantitative estimate of drug-likeness (QED) is 0.159. The van der Waals surface area contributed by atoms with Gasteiger partial charge in [-0.25, -0.2) is 0 Å². The van der Waals surface area contributed by atoms with Gasteiger partial charge in [-0.2, -0.15) is 0 Å². The van der Waals surface area contributed by atoms with Gasteiger partial charge in [-0.1, -0.05) is 190 Å². The molecule has 0 atom stereocenters. The molecule has 0 bridgehead atoms. The summed E-state index contributed by atoms with van der Waals surface area (Å²) in [6.07, 6.45) is 3.84. The summed E-state index contributed by atoms with van der Waals surface area (Å²) in [6.45, 7) is 4.74. The molecule has 9 aromatic rings. The second-order valence-electron chi connectivity index (χ2n) is 15.5. The number of hydrogen-bond donors (Lipinski definition) is 1. The minimum absolute atomic E-state index is 0.123. The molecule has 0 saturated heterocycles. The van der Waals surface area contributed by atoms with Crippen molar-refractivity contribution in [2.45, 2.75) is 19.3 Å². The molecule has 0 saturated carbocycles. The Balaban J connectivity index is 1.02. The van der Waals surface area contributed by atoms with Gasteiger partial charge in [0.2, 0.25) is 0 Å². The van der Waals surface area contributed by atoms with Crippen LogP contribution in [0.15, 0.2) is 199 Å². The molecule has 0 heterocycles. The lowest BCUT2D eigenvalue weighted by Crippen LogP contribution is -2.16. The van der Waals surface area contributed by atoms with Crippen LogP contribution in [0.1, 0.15) is 41.7 Å². The molecule has 1 aliphatic carbocycles. The van der Waals surface area contributed by atoms with Crippen molar-refractivity contribution < 1.29 is 0 Å². The van der Waals surface area contributed by atoms with Gasteiger partial charge in [0.05, 0.1) is 11.4 Å². The topological polar surface area (TPSA) is 36.2 Å². The Morgan fingerprint density at radius 3 is 1.86 bits per heavy atom. The maximum atomic E-state index is 8.99. The first-order chi connectivity index (χ1) is 27.9. The molecule has 2 heteroatoms. The van der Waals surface area contributed by atoms with Crippen LogP contribution in [0.25, 0.3) is 71.4 Å². The molecule has 9 aromatic carbocycles. The molecule has 0 radical (unpaired) electrons. The highest BCUT2D eigenvalue weighted by atomic mass is 14.7. The molecular weight excluding hydrogens is 689 g/mol. The predicted octanol–water partition coefficient (Wildman–Crippen LogP) is 14.3. The van der Waals surface area contributed by atoms with Crippen molar-refractivity contribution in [2.75, 3.05) is 0 Å². The van der Waals surface area contributed by atoms with Crippen molar-refractivity contribution in [2.24, 2.45) is 4.99 Å². The average molecular weight is 729 g/mol. The smallest absolute Gasteiger partial charge is 0.0729 e. The molecule has 0 fully saturated rings. The normalized spacial score (nSPS) is 13.3. The van der Waals surface area contributed by atoms with Crippen LogP contribution in [-0.4, -0.2) is 11.9 Å². The van der Waals surface area contributed by atoms with E-state index in [1.165, 1.54) is 60.7 Å². The third-order valence-electron chi connectivity index (χ3n) is 11.8. The van der Waals surface area contributed by atoms with E-state index in [-0.39, 0.29) is 5.41 Å². The third-order valence-corrected chi connectivity index (χ3v) is 11.8. The van der Waals surface area contributed by atoms with Crippen molar-refractivity contribution in [3.05, 3.63) is 222 Å². The molecule has 1 aliphatic rings. The Labute approximate surface area is 333 Å². The second-order valence-corrected chi connectivity index (χ2v) is 15.5. The minimum atomic E-state index is -0.123. The van der Waals surface area contributed by atoms with Crippen LogP contribution in [0, 0.1) is 5.41 Å². The van der Waals surface area contributed by atoms with Gasteiger partial charge in [-0.15, -0.1) is 0 Å². The van der Waals surface area contributed by atoms with Crippen LogP contribution >= 0.6 is 0 Å². The summed E-state index contributed by atoms with van der Waals surface area (Å²) in [6, 6.07) is 66.8. The molecule has 10 rings (SSSR count). The number of allylic oxidation sites excluding steroid dienone is 1. The maximum absolute atomic E-state index is 8.99. The minimum Gasteiger partial charge on any atom is -0.300 e. The number of aliphatic imine (C=N–C) groups is 1. The summed E-state index contributed by atoms with van der Waals surface area (Å²) in [5.41, 5.74) is 14.3. The zero-order valence-electron chi connectivity index (χ0n) is 32.0. The van der Waals surface area contributed by atoms with E-state index in [9.17, 15) is 0 Å². The van der Waals surface area contributed by atoms with Crippen LogP contribution in [-0.2, 0) is 5.41 Å². The van der Waals surface area contributed by atoms with Crippen LogP contribution < -0.4 is 0 Å². The lowest BCUT2D eigenvalue weighted by atomic mass is 9.78. The molecule has 0 spiro atoms. The zero-order chi connectivity index (χ0) is 38.5. The Morgan fingerprint density at radius 1 is 0.491 bits per heavy atom. The van der Waals surface area contributed by atoms with Gasteiger partial charge in [0, 0.05) is 22.8 Å². The van der Waals surface area contributed by atoms with Crippen LogP contribution in [0.2, 0.25) is 0 Å². The first kappa shape index (κ1) is 34.3. The molecule has 57 heavy (non-hydrogen) atoms. The average Bonchev–Trinajstić information content (AvgIpc) is 3.49. The summed E-state index contributed by atoms with van der Waals surface area (Å²) in [5.74, 6) is 0. The van der Waals surface area contributed by atoms with Gasteiger partial charge in [0.15, 0.2) is 0 Å². The largest absolute Gasteiger partial charge is 0.300 e. The lowest BCUT2D eigenvalue weighted by Gasteiger charge is -2.25. The molecule has 2 nitrogen and oxygen atoms in total. The van der Waals surface area contributed by atoms with E-state index in [0.29, 0.717) is 5.71 Å². The van der Waals surface area contributed by atoms with Gasteiger partial charge in [-0.3, -0.25) is 4.99 Å². The summed E-state index contributed by atoms with van der Waals surface area (Å²) in [7, 11) is 0. The Hall–Kier alpha value is -7.16. The number of nitrogens with zero attached hydrogens (tertiary/aromatic N) is 1. The number of fused-ring (bicyclic) bond motifs is 6. The highest BCUT2D eigenvalue weighted by Crippen LogP contribution is 2.53. The van der Waals surface area contributed by atoms with Gasteiger partial charge in [0.25, 0.3) is 0 Å². The molecule has 0 aliphatic heterocycles. The summed E-state index contributed by atoms with van der Waals surface area (Å²) >= 11 is 0. The van der Waals surface area contributed by atoms with Crippen molar-refractivity contribution in [3.8, 4) is 33.4 Å².